The van der Waals surface area contributed by atoms with Gasteiger partial charge >= 0.3 is 0 Å². The lowest BCUT2D eigenvalue weighted by Gasteiger charge is -2.18. The minimum Gasteiger partial charge on any atom is -0.399 e. The summed E-state index contributed by atoms with van der Waals surface area (Å²) in [5, 5.41) is 4.52. The average Bonchev–Trinajstić information content (AvgIpc) is 2.22. The van der Waals surface area contributed by atoms with Gasteiger partial charge in [-0.2, -0.15) is 0 Å². The molecule has 0 saturated carbocycles. The summed E-state index contributed by atoms with van der Waals surface area (Å²) in [7, 11) is 0. The molecular weight excluding hydrogens is 267 g/mol. The molecular formula is C14H22Cl2N2. The Labute approximate surface area is 120 Å². The van der Waals surface area contributed by atoms with E-state index in [0.29, 0.717) is 21.8 Å². The maximum Gasteiger partial charge on any atom is 0.0722 e. The first-order valence-corrected chi connectivity index (χ1v) is 7.16. The Morgan fingerprint density at radius 3 is 2.17 bits per heavy atom. The number of rotatable bonds is 6. The molecule has 0 amide bonds. The van der Waals surface area contributed by atoms with Gasteiger partial charge in [-0.25, -0.2) is 0 Å². The molecule has 0 spiro atoms. The summed E-state index contributed by atoms with van der Waals surface area (Å²) in [5.74, 6) is 0.751. The van der Waals surface area contributed by atoms with Crippen molar-refractivity contribution < 1.29 is 0 Å². The van der Waals surface area contributed by atoms with Crippen molar-refractivity contribution in [2.75, 3.05) is 11.1 Å². The number of hydrogen-bond donors (Lipinski definition) is 2. The van der Waals surface area contributed by atoms with Gasteiger partial charge in [0.05, 0.1) is 15.7 Å². The number of benzene rings is 1. The van der Waals surface area contributed by atoms with Gasteiger partial charge in [-0.05, 0) is 31.4 Å². The normalized spacial score (nSPS) is 12.8. The van der Waals surface area contributed by atoms with Crippen molar-refractivity contribution in [1.82, 2.24) is 0 Å². The van der Waals surface area contributed by atoms with E-state index in [1.807, 2.05) is 0 Å². The maximum atomic E-state index is 6.14. The molecule has 0 heterocycles. The zero-order chi connectivity index (χ0) is 13.7. The van der Waals surface area contributed by atoms with Crippen LogP contribution >= 0.6 is 23.2 Å². The number of nitrogens with one attached hydrogen (secondary N) is 1. The topological polar surface area (TPSA) is 38.0 Å². The molecule has 4 heteroatoms. The Hall–Kier alpha value is -0.600. The summed E-state index contributed by atoms with van der Waals surface area (Å²) in [6.45, 7) is 6.63. The zero-order valence-corrected chi connectivity index (χ0v) is 12.8. The molecule has 1 aromatic carbocycles. The largest absolute Gasteiger partial charge is 0.399 e. The second-order valence-electron chi connectivity index (χ2n) is 5.23. The molecule has 0 radical (unpaired) electrons. The summed E-state index contributed by atoms with van der Waals surface area (Å²) < 4.78 is 0. The van der Waals surface area contributed by atoms with Crippen LogP contribution in [-0.4, -0.2) is 6.04 Å². The molecule has 0 aliphatic carbocycles. The molecule has 0 fully saturated rings. The molecule has 1 unspecified atom stereocenters. The van der Waals surface area contributed by atoms with E-state index in [2.05, 4.69) is 26.1 Å². The van der Waals surface area contributed by atoms with E-state index in [-0.39, 0.29) is 0 Å². The fourth-order valence-corrected chi connectivity index (χ4v) is 2.49. The molecule has 2 nitrogen and oxygen atoms in total. The summed E-state index contributed by atoms with van der Waals surface area (Å²) in [5.41, 5.74) is 7.04. The first-order valence-electron chi connectivity index (χ1n) is 6.41. The van der Waals surface area contributed by atoms with Crippen molar-refractivity contribution in [3.8, 4) is 0 Å². The van der Waals surface area contributed by atoms with Crippen molar-refractivity contribution >= 4 is 34.6 Å². The molecule has 3 N–H and O–H groups in total. The third-order valence-corrected chi connectivity index (χ3v) is 3.47. The van der Waals surface area contributed by atoms with Crippen LogP contribution in [0.15, 0.2) is 12.1 Å². The van der Waals surface area contributed by atoms with E-state index in [0.717, 1.165) is 18.0 Å². The standard InChI is InChI=1S/C14H22Cl2N2/c1-9(2)5-4-6-10(3)18-14-12(15)7-11(17)8-13(14)16/h7-10,18H,4-6,17H2,1-3H3. The molecule has 0 aliphatic rings. The van der Waals surface area contributed by atoms with Crippen molar-refractivity contribution in [3.63, 3.8) is 0 Å². The average molecular weight is 289 g/mol. The highest BCUT2D eigenvalue weighted by molar-refractivity contribution is 6.39. The fraction of sp³-hybridized carbons (Fsp3) is 0.571. The summed E-state index contributed by atoms with van der Waals surface area (Å²) in [6.07, 6.45) is 3.56. The van der Waals surface area contributed by atoms with E-state index < -0.39 is 0 Å². The lowest BCUT2D eigenvalue weighted by atomic mass is 10.0. The van der Waals surface area contributed by atoms with E-state index in [1.165, 1.54) is 12.8 Å². The van der Waals surface area contributed by atoms with Gasteiger partial charge in [0.1, 0.15) is 0 Å². The van der Waals surface area contributed by atoms with Gasteiger partial charge in [0, 0.05) is 11.7 Å². The monoisotopic (exact) mass is 288 g/mol. The van der Waals surface area contributed by atoms with Crippen LogP contribution in [0.5, 0.6) is 0 Å². The molecule has 1 atom stereocenters. The van der Waals surface area contributed by atoms with Crippen LogP contribution in [-0.2, 0) is 0 Å². The quantitative estimate of drug-likeness (QED) is 0.706. The Morgan fingerprint density at radius 1 is 1.11 bits per heavy atom. The molecule has 0 saturated heterocycles. The molecule has 1 rings (SSSR count). The van der Waals surface area contributed by atoms with Crippen LogP contribution in [0.4, 0.5) is 11.4 Å². The van der Waals surface area contributed by atoms with Crippen LogP contribution < -0.4 is 11.1 Å². The Kier molecular flexibility index (Phi) is 6.10. The number of hydrogen-bond acceptors (Lipinski definition) is 2. The molecule has 0 aliphatic heterocycles. The van der Waals surface area contributed by atoms with Crippen LogP contribution in [0.2, 0.25) is 10.0 Å². The smallest absolute Gasteiger partial charge is 0.0722 e. The van der Waals surface area contributed by atoms with Gasteiger partial charge in [0.25, 0.3) is 0 Å². The van der Waals surface area contributed by atoms with Gasteiger partial charge in [-0.3, -0.25) is 0 Å². The number of halogens is 2. The summed E-state index contributed by atoms with van der Waals surface area (Å²) in [4.78, 5) is 0. The second-order valence-corrected chi connectivity index (χ2v) is 6.04. The third kappa shape index (κ3) is 4.95. The third-order valence-electron chi connectivity index (χ3n) is 2.87. The van der Waals surface area contributed by atoms with Gasteiger partial charge in [-0.1, -0.05) is 49.9 Å². The van der Waals surface area contributed by atoms with Gasteiger partial charge < -0.3 is 11.1 Å². The van der Waals surface area contributed by atoms with E-state index in [9.17, 15) is 0 Å². The zero-order valence-electron chi connectivity index (χ0n) is 11.3. The predicted octanol–water partition coefficient (Wildman–Crippen LogP) is 5.20. The first-order chi connectivity index (χ1) is 8.40. The van der Waals surface area contributed by atoms with Gasteiger partial charge in [0.15, 0.2) is 0 Å². The highest BCUT2D eigenvalue weighted by atomic mass is 35.5. The van der Waals surface area contributed by atoms with Crippen LogP contribution in [0.3, 0.4) is 0 Å². The van der Waals surface area contributed by atoms with Crippen LogP contribution in [0.1, 0.15) is 40.0 Å². The van der Waals surface area contributed by atoms with E-state index >= 15 is 0 Å². The van der Waals surface area contributed by atoms with Crippen molar-refractivity contribution in [3.05, 3.63) is 22.2 Å². The summed E-state index contributed by atoms with van der Waals surface area (Å²) in [6, 6.07) is 3.79. The maximum absolute atomic E-state index is 6.14. The molecule has 1 aromatic rings. The lowest BCUT2D eigenvalue weighted by molar-refractivity contribution is 0.520. The molecule has 102 valence electrons. The molecule has 0 aromatic heterocycles. The van der Waals surface area contributed by atoms with E-state index in [1.54, 1.807) is 12.1 Å². The fourth-order valence-electron chi connectivity index (χ4n) is 1.88. The molecule has 0 bridgehead atoms. The highest BCUT2D eigenvalue weighted by Crippen LogP contribution is 2.33. The van der Waals surface area contributed by atoms with Crippen LogP contribution in [0.25, 0.3) is 0 Å². The SMILES string of the molecule is CC(C)CCCC(C)Nc1c(Cl)cc(N)cc1Cl. The lowest BCUT2D eigenvalue weighted by Crippen LogP contribution is -2.16. The second kappa shape index (κ2) is 7.10. The number of anilines is 2. The Bertz CT molecular complexity index is 368. The predicted molar refractivity (Wildman–Crippen MR) is 82.6 cm³/mol. The minimum absolute atomic E-state index is 0.349. The van der Waals surface area contributed by atoms with Gasteiger partial charge in [0.2, 0.25) is 0 Å². The summed E-state index contributed by atoms with van der Waals surface area (Å²) >= 11 is 12.3. The number of nitrogen functional groups attached to an aromatic ring is 1. The van der Waals surface area contributed by atoms with Crippen molar-refractivity contribution in [1.29, 1.82) is 0 Å². The first kappa shape index (κ1) is 15.5. The highest BCUT2D eigenvalue weighted by Gasteiger charge is 2.10. The van der Waals surface area contributed by atoms with Crippen molar-refractivity contribution in [2.45, 2.75) is 46.1 Å². The minimum atomic E-state index is 0.349. The van der Waals surface area contributed by atoms with Gasteiger partial charge in [-0.15, -0.1) is 0 Å². The number of nitrogens with two attached hydrogens (primary N) is 1. The Morgan fingerprint density at radius 2 is 1.67 bits per heavy atom. The van der Waals surface area contributed by atoms with Crippen molar-refractivity contribution in [2.24, 2.45) is 5.92 Å². The Balaban J connectivity index is 2.56. The molecule has 18 heavy (non-hydrogen) atoms. The van der Waals surface area contributed by atoms with Crippen LogP contribution in [0, 0.1) is 5.92 Å². The van der Waals surface area contributed by atoms with E-state index in [4.69, 9.17) is 28.9 Å².